The van der Waals surface area contributed by atoms with Crippen molar-refractivity contribution in [2.45, 2.75) is 33.4 Å². The molecule has 0 fully saturated rings. The molecule has 0 bridgehead atoms. The van der Waals surface area contributed by atoms with E-state index in [1.54, 1.807) is 18.3 Å². The second-order valence-corrected chi connectivity index (χ2v) is 5.94. The number of carbonyl (C=O) groups excluding carboxylic acids is 2. The van der Waals surface area contributed by atoms with Crippen LogP contribution in [-0.2, 0) is 16.1 Å². The van der Waals surface area contributed by atoms with Gasteiger partial charge in [-0.25, -0.2) is 4.98 Å². The van der Waals surface area contributed by atoms with Gasteiger partial charge in [0.15, 0.2) is 0 Å². The van der Waals surface area contributed by atoms with Gasteiger partial charge in [-0.2, -0.15) is 0 Å². The predicted octanol–water partition coefficient (Wildman–Crippen LogP) is 1.60. The van der Waals surface area contributed by atoms with Gasteiger partial charge in [0.05, 0.1) is 6.61 Å². The van der Waals surface area contributed by atoms with Gasteiger partial charge in [0, 0.05) is 25.2 Å². The Hall–Kier alpha value is -2.93. The SMILES string of the molecule is CC(=O)N[C@@H](CO)C(=O)NCc1cccnc1Oc1c(C)cccc1C. The first-order valence-corrected chi connectivity index (χ1v) is 8.26. The van der Waals surface area contributed by atoms with Gasteiger partial charge in [-0.1, -0.05) is 24.3 Å². The standard InChI is InChI=1S/C19H23N3O4/c1-12-6-4-7-13(2)17(12)26-19-15(8-5-9-20-19)10-21-18(25)16(11-23)22-14(3)24/h4-9,16,23H,10-11H2,1-3H3,(H,21,25)(H,22,24)/t16-/m0/s1. The van der Waals surface area contributed by atoms with E-state index in [9.17, 15) is 14.7 Å². The van der Waals surface area contributed by atoms with Crippen molar-refractivity contribution in [1.29, 1.82) is 0 Å². The monoisotopic (exact) mass is 357 g/mol. The van der Waals surface area contributed by atoms with Gasteiger partial charge >= 0.3 is 0 Å². The van der Waals surface area contributed by atoms with Crippen molar-refractivity contribution in [3.8, 4) is 11.6 Å². The highest BCUT2D eigenvalue weighted by atomic mass is 16.5. The molecule has 7 nitrogen and oxygen atoms in total. The average Bonchev–Trinajstić information content (AvgIpc) is 2.61. The number of carbonyl (C=O) groups is 2. The summed E-state index contributed by atoms with van der Waals surface area (Å²) in [4.78, 5) is 27.4. The zero-order valence-electron chi connectivity index (χ0n) is 15.1. The Balaban J connectivity index is 2.12. The number of benzene rings is 1. The lowest BCUT2D eigenvalue weighted by molar-refractivity contribution is -0.129. The van der Waals surface area contributed by atoms with Gasteiger partial charge in [0.2, 0.25) is 17.7 Å². The van der Waals surface area contributed by atoms with Gasteiger partial charge in [0.1, 0.15) is 11.8 Å². The molecule has 2 aromatic rings. The number of aryl methyl sites for hydroxylation is 2. The Kier molecular flexibility index (Phi) is 6.68. The van der Waals surface area contributed by atoms with Crippen LogP contribution in [0.3, 0.4) is 0 Å². The Morgan fingerprint density at radius 3 is 2.50 bits per heavy atom. The summed E-state index contributed by atoms with van der Waals surface area (Å²) in [6.07, 6.45) is 1.61. The van der Waals surface area contributed by atoms with Crippen molar-refractivity contribution in [2.75, 3.05) is 6.61 Å². The van der Waals surface area contributed by atoms with E-state index in [0.717, 1.165) is 16.9 Å². The first-order valence-electron chi connectivity index (χ1n) is 8.26. The van der Waals surface area contributed by atoms with Crippen molar-refractivity contribution in [3.63, 3.8) is 0 Å². The summed E-state index contributed by atoms with van der Waals surface area (Å²) in [5.41, 5.74) is 2.65. The Morgan fingerprint density at radius 1 is 1.19 bits per heavy atom. The van der Waals surface area contributed by atoms with E-state index in [4.69, 9.17) is 4.74 Å². The summed E-state index contributed by atoms with van der Waals surface area (Å²) in [6, 6.07) is 8.40. The van der Waals surface area contributed by atoms with E-state index in [1.807, 2.05) is 32.0 Å². The lowest BCUT2D eigenvalue weighted by atomic mass is 10.1. The number of aromatic nitrogens is 1. The van der Waals surface area contributed by atoms with Gasteiger partial charge in [-0.3, -0.25) is 9.59 Å². The fraction of sp³-hybridized carbons (Fsp3) is 0.316. The number of ether oxygens (including phenoxy) is 1. The van der Waals surface area contributed by atoms with Crippen LogP contribution >= 0.6 is 0 Å². The number of para-hydroxylation sites is 1. The fourth-order valence-electron chi connectivity index (χ4n) is 2.45. The number of nitrogens with zero attached hydrogens (tertiary/aromatic N) is 1. The minimum Gasteiger partial charge on any atom is -0.438 e. The molecule has 0 unspecified atom stereocenters. The van der Waals surface area contributed by atoms with Crippen molar-refractivity contribution >= 4 is 11.8 Å². The molecular formula is C19H23N3O4. The highest BCUT2D eigenvalue weighted by Crippen LogP contribution is 2.29. The number of amides is 2. The van der Waals surface area contributed by atoms with Crippen molar-refractivity contribution in [1.82, 2.24) is 15.6 Å². The van der Waals surface area contributed by atoms with E-state index < -0.39 is 18.6 Å². The highest BCUT2D eigenvalue weighted by Gasteiger charge is 2.19. The normalized spacial score (nSPS) is 11.5. The molecule has 1 atom stereocenters. The van der Waals surface area contributed by atoms with E-state index in [0.29, 0.717) is 11.4 Å². The molecule has 0 spiro atoms. The van der Waals surface area contributed by atoms with Crippen LogP contribution in [0.25, 0.3) is 0 Å². The number of pyridine rings is 1. The Bertz CT molecular complexity index is 772. The molecule has 0 radical (unpaired) electrons. The Labute approximate surface area is 152 Å². The molecule has 7 heteroatoms. The molecule has 26 heavy (non-hydrogen) atoms. The third kappa shape index (κ3) is 5.03. The third-order valence-electron chi connectivity index (χ3n) is 3.79. The van der Waals surface area contributed by atoms with Crippen LogP contribution < -0.4 is 15.4 Å². The summed E-state index contributed by atoms with van der Waals surface area (Å²) in [6.45, 7) is 4.86. The number of hydrogen-bond donors (Lipinski definition) is 3. The number of rotatable bonds is 7. The van der Waals surface area contributed by atoms with Crippen molar-refractivity contribution < 1.29 is 19.4 Å². The molecule has 0 aliphatic heterocycles. The molecule has 3 N–H and O–H groups in total. The van der Waals surface area contributed by atoms with Crippen LogP contribution in [0.5, 0.6) is 11.6 Å². The van der Waals surface area contributed by atoms with E-state index in [-0.39, 0.29) is 12.5 Å². The first kappa shape index (κ1) is 19.4. The third-order valence-corrected chi connectivity index (χ3v) is 3.79. The van der Waals surface area contributed by atoms with Gasteiger partial charge in [-0.15, -0.1) is 0 Å². The molecule has 1 heterocycles. The molecule has 0 aliphatic carbocycles. The predicted molar refractivity (Wildman–Crippen MR) is 96.8 cm³/mol. The topological polar surface area (TPSA) is 101 Å². The molecule has 1 aromatic heterocycles. The molecular weight excluding hydrogens is 334 g/mol. The smallest absolute Gasteiger partial charge is 0.245 e. The maximum atomic E-state index is 12.1. The first-order chi connectivity index (χ1) is 12.4. The number of nitrogens with one attached hydrogen (secondary N) is 2. The molecule has 138 valence electrons. The quantitative estimate of drug-likeness (QED) is 0.699. The zero-order chi connectivity index (χ0) is 19.1. The minimum atomic E-state index is -0.993. The molecule has 2 rings (SSSR count). The van der Waals surface area contributed by atoms with Crippen LogP contribution in [0.15, 0.2) is 36.5 Å². The zero-order valence-corrected chi connectivity index (χ0v) is 15.1. The second kappa shape index (κ2) is 8.96. The largest absolute Gasteiger partial charge is 0.438 e. The second-order valence-electron chi connectivity index (χ2n) is 5.94. The van der Waals surface area contributed by atoms with Gasteiger partial charge in [-0.05, 0) is 31.0 Å². The molecule has 2 amide bonds. The molecule has 0 saturated carbocycles. The summed E-state index contributed by atoms with van der Waals surface area (Å²) in [5.74, 6) is 0.250. The number of aliphatic hydroxyl groups is 1. The van der Waals surface area contributed by atoms with Crippen molar-refractivity contribution in [3.05, 3.63) is 53.2 Å². The average molecular weight is 357 g/mol. The van der Waals surface area contributed by atoms with E-state index in [1.165, 1.54) is 6.92 Å². The Morgan fingerprint density at radius 2 is 1.88 bits per heavy atom. The maximum absolute atomic E-state index is 12.1. The number of aliphatic hydroxyl groups excluding tert-OH is 1. The highest BCUT2D eigenvalue weighted by molar-refractivity contribution is 5.86. The van der Waals surface area contributed by atoms with Gasteiger partial charge in [0.25, 0.3) is 0 Å². The minimum absolute atomic E-state index is 0.156. The molecule has 0 saturated heterocycles. The van der Waals surface area contributed by atoms with E-state index >= 15 is 0 Å². The van der Waals surface area contributed by atoms with Crippen LogP contribution in [0.4, 0.5) is 0 Å². The fourth-order valence-corrected chi connectivity index (χ4v) is 2.45. The van der Waals surface area contributed by atoms with Crippen LogP contribution in [0.2, 0.25) is 0 Å². The summed E-state index contributed by atoms with van der Waals surface area (Å²) in [5, 5.41) is 14.3. The summed E-state index contributed by atoms with van der Waals surface area (Å²) in [7, 11) is 0. The molecule has 0 aliphatic rings. The summed E-state index contributed by atoms with van der Waals surface area (Å²) < 4.78 is 5.97. The van der Waals surface area contributed by atoms with Crippen molar-refractivity contribution in [2.24, 2.45) is 0 Å². The van der Waals surface area contributed by atoms with Crippen LogP contribution in [-0.4, -0.2) is 34.6 Å². The van der Waals surface area contributed by atoms with Gasteiger partial charge < -0.3 is 20.5 Å². The maximum Gasteiger partial charge on any atom is 0.245 e. The van der Waals surface area contributed by atoms with Crippen LogP contribution in [0, 0.1) is 13.8 Å². The van der Waals surface area contributed by atoms with Crippen LogP contribution in [0.1, 0.15) is 23.6 Å². The summed E-state index contributed by atoms with van der Waals surface area (Å²) >= 11 is 0. The molecule has 1 aromatic carbocycles. The van der Waals surface area contributed by atoms with E-state index in [2.05, 4.69) is 15.6 Å². The lowest BCUT2D eigenvalue weighted by Crippen LogP contribution is -2.48. The lowest BCUT2D eigenvalue weighted by Gasteiger charge is -2.17. The number of hydrogen-bond acceptors (Lipinski definition) is 5.